The minimum atomic E-state index is 0.415. The summed E-state index contributed by atoms with van der Waals surface area (Å²) in [6.45, 7) is 4.19. The third-order valence-corrected chi connectivity index (χ3v) is 3.22. The van der Waals surface area contributed by atoms with Crippen molar-refractivity contribution in [2.75, 3.05) is 0 Å². The fourth-order valence-electron chi connectivity index (χ4n) is 2.43. The summed E-state index contributed by atoms with van der Waals surface area (Å²) in [4.78, 5) is 4.34. The van der Waals surface area contributed by atoms with Gasteiger partial charge in [0.1, 0.15) is 5.52 Å². The van der Waals surface area contributed by atoms with E-state index in [4.69, 9.17) is 12.2 Å². The molecule has 0 atom stereocenters. The zero-order valence-electron chi connectivity index (χ0n) is 9.90. The molecule has 0 aliphatic heterocycles. The Hall–Kier alpha value is -1.75. The number of benzene rings is 1. The molecule has 2 heterocycles. The maximum absolute atomic E-state index is 5.02. The second-order valence-corrected chi connectivity index (χ2v) is 4.74. The molecule has 0 spiro atoms. The highest BCUT2D eigenvalue weighted by Crippen LogP contribution is 2.28. The average Bonchev–Trinajstić information content (AvgIpc) is 2.52. The molecule has 0 saturated heterocycles. The van der Waals surface area contributed by atoms with Gasteiger partial charge in [-0.3, -0.25) is 5.10 Å². The maximum Gasteiger partial charge on any atom is 0.215 e. The molecule has 0 fully saturated rings. The van der Waals surface area contributed by atoms with Gasteiger partial charge in [-0.05, 0) is 37.7 Å². The zero-order valence-corrected chi connectivity index (χ0v) is 10.7. The molecule has 0 aliphatic carbocycles. The molecule has 3 rings (SSSR count). The lowest BCUT2D eigenvalue weighted by molar-refractivity contribution is 0.938. The van der Waals surface area contributed by atoms with Crippen LogP contribution in [0.2, 0.25) is 0 Å². The quantitative estimate of drug-likeness (QED) is 0.618. The van der Waals surface area contributed by atoms with Crippen molar-refractivity contribution in [2.24, 2.45) is 7.05 Å². The van der Waals surface area contributed by atoms with Gasteiger partial charge in [-0.2, -0.15) is 10.1 Å². The predicted molar refractivity (Wildman–Crippen MR) is 70.7 cm³/mol. The topological polar surface area (TPSA) is 46.5 Å². The number of H-pyrrole nitrogens is 1. The van der Waals surface area contributed by atoms with Gasteiger partial charge in [-0.1, -0.05) is 11.6 Å². The van der Waals surface area contributed by atoms with Gasteiger partial charge in [0.2, 0.25) is 4.77 Å². The number of hydrogen-bond donors (Lipinski definition) is 1. The van der Waals surface area contributed by atoms with Crippen molar-refractivity contribution in [3.8, 4) is 0 Å². The molecular weight excluding hydrogens is 232 g/mol. The first-order chi connectivity index (χ1) is 8.08. The molecule has 0 bridgehead atoms. The van der Waals surface area contributed by atoms with Gasteiger partial charge < -0.3 is 4.57 Å². The number of aromatic nitrogens is 4. The average molecular weight is 244 g/mol. The second kappa shape index (κ2) is 3.37. The lowest BCUT2D eigenvalue weighted by atomic mass is 10.1. The van der Waals surface area contributed by atoms with Crippen LogP contribution < -0.4 is 0 Å². The van der Waals surface area contributed by atoms with Crippen molar-refractivity contribution in [1.82, 2.24) is 19.7 Å². The molecule has 0 aliphatic rings. The molecule has 0 saturated carbocycles. The lowest BCUT2D eigenvalue weighted by Crippen LogP contribution is -1.93. The Morgan fingerprint density at radius 1 is 1.29 bits per heavy atom. The van der Waals surface area contributed by atoms with E-state index in [2.05, 4.69) is 45.7 Å². The third kappa shape index (κ3) is 1.39. The van der Waals surface area contributed by atoms with Crippen molar-refractivity contribution in [1.29, 1.82) is 0 Å². The molecule has 17 heavy (non-hydrogen) atoms. The molecule has 5 heteroatoms. The van der Waals surface area contributed by atoms with E-state index >= 15 is 0 Å². The molecule has 0 amide bonds. The number of hydrogen-bond acceptors (Lipinski definition) is 3. The van der Waals surface area contributed by atoms with Gasteiger partial charge >= 0.3 is 0 Å². The summed E-state index contributed by atoms with van der Waals surface area (Å²) in [5.74, 6) is 0. The smallest absolute Gasteiger partial charge is 0.215 e. The lowest BCUT2D eigenvalue weighted by Gasteiger charge is -2.02. The summed E-state index contributed by atoms with van der Waals surface area (Å²) in [7, 11) is 2.00. The molecule has 0 radical (unpaired) electrons. The summed E-state index contributed by atoms with van der Waals surface area (Å²) >= 11 is 5.02. The highest BCUT2D eigenvalue weighted by Gasteiger charge is 2.12. The van der Waals surface area contributed by atoms with E-state index < -0.39 is 0 Å². The van der Waals surface area contributed by atoms with Crippen LogP contribution in [0, 0.1) is 18.6 Å². The van der Waals surface area contributed by atoms with Crippen LogP contribution in [0.3, 0.4) is 0 Å². The van der Waals surface area contributed by atoms with Crippen LogP contribution in [0.25, 0.3) is 22.1 Å². The predicted octanol–water partition coefficient (Wildman–Crippen LogP) is 2.80. The fourth-order valence-corrected chi connectivity index (χ4v) is 2.57. The number of nitrogens with one attached hydrogen (secondary N) is 1. The van der Waals surface area contributed by atoms with Crippen molar-refractivity contribution >= 4 is 34.3 Å². The standard InChI is InChI=1S/C12H12N4S/c1-6-4-7(2)10-8(5-6)9-11(16(10)3)13-12(17)15-14-9/h4-5H,1-3H3,(H,13,15,17). The Labute approximate surface area is 103 Å². The van der Waals surface area contributed by atoms with Gasteiger partial charge in [-0.25, -0.2) is 0 Å². The van der Waals surface area contributed by atoms with Gasteiger partial charge in [0.15, 0.2) is 5.65 Å². The van der Waals surface area contributed by atoms with Crippen LogP contribution in [0.1, 0.15) is 11.1 Å². The first kappa shape index (κ1) is 10.4. The number of fused-ring (bicyclic) bond motifs is 3. The van der Waals surface area contributed by atoms with Crippen LogP contribution in [-0.2, 0) is 7.05 Å². The second-order valence-electron chi connectivity index (χ2n) is 4.35. The van der Waals surface area contributed by atoms with E-state index in [0.717, 1.165) is 16.6 Å². The first-order valence-corrected chi connectivity index (χ1v) is 5.81. The number of aryl methyl sites for hydroxylation is 3. The number of aromatic amines is 1. The Morgan fingerprint density at radius 2 is 2.06 bits per heavy atom. The van der Waals surface area contributed by atoms with Gasteiger partial charge in [-0.15, -0.1) is 0 Å². The Kier molecular flexibility index (Phi) is 2.06. The Balaban J connectivity index is 2.68. The summed E-state index contributed by atoms with van der Waals surface area (Å²) in [6, 6.07) is 4.30. The number of nitrogens with zero attached hydrogens (tertiary/aromatic N) is 3. The van der Waals surface area contributed by atoms with E-state index in [9.17, 15) is 0 Å². The summed E-state index contributed by atoms with van der Waals surface area (Å²) in [6.07, 6.45) is 0. The monoisotopic (exact) mass is 244 g/mol. The summed E-state index contributed by atoms with van der Waals surface area (Å²) in [5, 5.41) is 8.18. The van der Waals surface area contributed by atoms with Crippen LogP contribution >= 0.6 is 12.2 Å². The van der Waals surface area contributed by atoms with Crippen molar-refractivity contribution in [3.63, 3.8) is 0 Å². The largest absolute Gasteiger partial charge is 0.327 e. The molecule has 2 aromatic heterocycles. The van der Waals surface area contributed by atoms with Crippen molar-refractivity contribution in [2.45, 2.75) is 13.8 Å². The fraction of sp³-hybridized carbons (Fsp3) is 0.250. The van der Waals surface area contributed by atoms with Gasteiger partial charge in [0.05, 0.1) is 5.52 Å². The van der Waals surface area contributed by atoms with E-state index in [1.54, 1.807) is 0 Å². The van der Waals surface area contributed by atoms with E-state index in [-0.39, 0.29) is 0 Å². The molecule has 4 nitrogen and oxygen atoms in total. The molecule has 1 N–H and O–H groups in total. The van der Waals surface area contributed by atoms with Crippen LogP contribution in [0.5, 0.6) is 0 Å². The molecular formula is C12H12N4S. The van der Waals surface area contributed by atoms with Gasteiger partial charge in [0.25, 0.3) is 0 Å². The number of rotatable bonds is 0. The maximum atomic E-state index is 5.02. The normalized spacial score (nSPS) is 11.5. The van der Waals surface area contributed by atoms with E-state index in [0.29, 0.717) is 4.77 Å². The summed E-state index contributed by atoms with van der Waals surface area (Å²) < 4.78 is 2.47. The Bertz CT molecular complexity index is 797. The van der Waals surface area contributed by atoms with Crippen molar-refractivity contribution < 1.29 is 0 Å². The minimum Gasteiger partial charge on any atom is -0.327 e. The minimum absolute atomic E-state index is 0.415. The van der Waals surface area contributed by atoms with Crippen LogP contribution in [0.4, 0.5) is 0 Å². The van der Waals surface area contributed by atoms with E-state index in [1.807, 2.05) is 7.05 Å². The molecule has 1 aromatic carbocycles. The Morgan fingerprint density at radius 3 is 2.82 bits per heavy atom. The van der Waals surface area contributed by atoms with E-state index in [1.165, 1.54) is 16.6 Å². The molecule has 86 valence electrons. The van der Waals surface area contributed by atoms with Gasteiger partial charge in [0, 0.05) is 12.4 Å². The van der Waals surface area contributed by atoms with Crippen molar-refractivity contribution in [3.05, 3.63) is 28.0 Å². The molecule has 0 unspecified atom stereocenters. The molecule has 3 aromatic rings. The third-order valence-electron chi connectivity index (χ3n) is 3.04. The SMILES string of the molecule is Cc1cc(C)c2c(c1)c1n[nH]c(=S)nc1n2C. The first-order valence-electron chi connectivity index (χ1n) is 5.40. The summed E-state index contributed by atoms with van der Waals surface area (Å²) in [5.41, 5.74) is 5.33. The highest BCUT2D eigenvalue weighted by atomic mass is 32.1. The van der Waals surface area contributed by atoms with Crippen LogP contribution in [-0.4, -0.2) is 19.7 Å². The van der Waals surface area contributed by atoms with Crippen LogP contribution in [0.15, 0.2) is 12.1 Å². The highest BCUT2D eigenvalue weighted by molar-refractivity contribution is 7.71. The zero-order chi connectivity index (χ0) is 12.2.